The van der Waals surface area contributed by atoms with E-state index >= 15 is 0 Å². The molecule has 1 heterocycles. The van der Waals surface area contributed by atoms with Crippen molar-refractivity contribution in [1.82, 2.24) is 4.90 Å². The van der Waals surface area contributed by atoms with Crippen molar-refractivity contribution < 1.29 is 14.0 Å². The van der Waals surface area contributed by atoms with Gasteiger partial charge in [-0.1, -0.05) is 25.5 Å². The molecule has 1 aliphatic rings. The number of hydrogen-bond acceptors (Lipinski definition) is 2. The molecular weight excluding hydrogens is 271 g/mol. The lowest BCUT2D eigenvalue weighted by Gasteiger charge is -2.25. The molecule has 1 aromatic carbocycles. The zero-order valence-electron chi connectivity index (χ0n) is 12.2. The highest BCUT2D eigenvalue weighted by Gasteiger charge is 2.36. The molecule has 0 radical (unpaired) electrons. The highest BCUT2D eigenvalue weighted by molar-refractivity contribution is 5.88. The lowest BCUT2D eigenvalue weighted by atomic mass is 10.0. The molecule has 1 saturated heterocycles. The number of likely N-dealkylation sites (tertiary alicyclic amines) is 1. The topological polar surface area (TPSA) is 63.4 Å². The Morgan fingerprint density at radius 2 is 2.29 bits per heavy atom. The maximum absolute atomic E-state index is 13.2. The van der Waals surface area contributed by atoms with Gasteiger partial charge in [-0.25, -0.2) is 4.39 Å². The van der Waals surface area contributed by atoms with Gasteiger partial charge in [-0.2, -0.15) is 0 Å². The standard InChI is InChI=1S/C16H21FN2O2/c1-2-4-12-9-15(20)19(10-12)14(16(18)21)8-11-5-3-6-13(17)7-11/h3,5-7,12,14H,2,4,8-10H2,1H3,(H2,18,21). The fourth-order valence-electron chi connectivity index (χ4n) is 2.96. The summed E-state index contributed by atoms with van der Waals surface area (Å²) < 4.78 is 13.2. The number of amides is 2. The molecule has 2 amide bonds. The van der Waals surface area contributed by atoms with Crippen LogP contribution >= 0.6 is 0 Å². The summed E-state index contributed by atoms with van der Waals surface area (Å²) in [4.78, 5) is 25.4. The summed E-state index contributed by atoms with van der Waals surface area (Å²) in [5.74, 6) is -0.636. The number of primary amides is 1. The Kier molecular flexibility index (Phi) is 4.94. The summed E-state index contributed by atoms with van der Waals surface area (Å²) in [5.41, 5.74) is 6.13. The molecule has 21 heavy (non-hydrogen) atoms. The first-order chi connectivity index (χ1) is 10.0. The second kappa shape index (κ2) is 6.70. The highest BCUT2D eigenvalue weighted by atomic mass is 19.1. The maximum atomic E-state index is 13.2. The van der Waals surface area contributed by atoms with E-state index < -0.39 is 11.9 Å². The van der Waals surface area contributed by atoms with E-state index in [2.05, 4.69) is 6.92 Å². The molecule has 0 spiro atoms. The molecule has 114 valence electrons. The summed E-state index contributed by atoms with van der Waals surface area (Å²) in [5, 5.41) is 0. The van der Waals surface area contributed by atoms with Gasteiger partial charge in [0.2, 0.25) is 11.8 Å². The van der Waals surface area contributed by atoms with Gasteiger partial charge < -0.3 is 10.6 Å². The Hall–Kier alpha value is -1.91. The predicted molar refractivity (Wildman–Crippen MR) is 77.8 cm³/mol. The third kappa shape index (κ3) is 3.80. The lowest BCUT2D eigenvalue weighted by molar-refractivity contribution is -0.136. The summed E-state index contributed by atoms with van der Waals surface area (Å²) in [6.45, 7) is 2.64. The van der Waals surface area contributed by atoms with Crippen molar-refractivity contribution >= 4 is 11.8 Å². The normalized spacial score (nSPS) is 19.8. The van der Waals surface area contributed by atoms with Gasteiger partial charge in [-0.3, -0.25) is 9.59 Å². The molecule has 1 aromatic rings. The van der Waals surface area contributed by atoms with Crippen LogP contribution in [0.15, 0.2) is 24.3 Å². The molecule has 1 fully saturated rings. The minimum atomic E-state index is -0.693. The molecule has 5 heteroatoms. The first-order valence-corrected chi connectivity index (χ1v) is 7.34. The minimum absolute atomic E-state index is 0.0337. The largest absolute Gasteiger partial charge is 0.368 e. The minimum Gasteiger partial charge on any atom is -0.368 e. The molecule has 0 bridgehead atoms. The van der Waals surface area contributed by atoms with Crippen LogP contribution in [-0.4, -0.2) is 29.3 Å². The van der Waals surface area contributed by atoms with Crippen LogP contribution in [0.25, 0.3) is 0 Å². The average Bonchev–Trinajstić information content (AvgIpc) is 2.77. The Bertz CT molecular complexity index is 533. The number of carbonyl (C=O) groups excluding carboxylic acids is 2. The highest BCUT2D eigenvalue weighted by Crippen LogP contribution is 2.25. The predicted octanol–water partition coefficient (Wildman–Crippen LogP) is 1.87. The second-order valence-electron chi connectivity index (χ2n) is 5.66. The van der Waals surface area contributed by atoms with E-state index in [1.54, 1.807) is 17.0 Å². The van der Waals surface area contributed by atoms with Crippen molar-refractivity contribution in [3.63, 3.8) is 0 Å². The summed E-state index contributed by atoms with van der Waals surface area (Å²) in [7, 11) is 0. The van der Waals surface area contributed by atoms with E-state index in [4.69, 9.17) is 5.73 Å². The fourth-order valence-corrected chi connectivity index (χ4v) is 2.96. The van der Waals surface area contributed by atoms with Crippen molar-refractivity contribution in [2.75, 3.05) is 6.54 Å². The van der Waals surface area contributed by atoms with Crippen LogP contribution in [0.1, 0.15) is 31.7 Å². The van der Waals surface area contributed by atoms with Crippen molar-refractivity contribution in [3.8, 4) is 0 Å². The Labute approximate surface area is 124 Å². The first-order valence-electron chi connectivity index (χ1n) is 7.34. The molecule has 4 nitrogen and oxygen atoms in total. The smallest absolute Gasteiger partial charge is 0.240 e. The lowest BCUT2D eigenvalue weighted by Crippen LogP contribution is -2.47. The van der Waals surface area contributed by atoms with Crippen molar-refractivity contribution in [2.45, 2.75) is 38.6 Å². The van der Waals surface area contributed by atoms with Crippen LogP contribution in [-0.2, 0) is 16.0 Å². The molecule has 0 saturated carbocycles. The Morgan fingerprint density at radius 1 is 1.52 bits per heavy atom. The van der Waals surface area contributed by atoms with Gasteiger partial charge in [0.05, 0.1) is 0 Å². The van der Waals surface area contributed by atoms with Gasteiger partial charge in [0.25, 0.3) is 0 Å². The maximum Gasteiger partial charge on any atom is 0.240 e. The van der Waals surface area contributed by atoms with Gasteiger partial charge in [-0.05, 0) is 30.0 Å². The zero-order chi connectivity index (χ0) is 15.4. The zero-order valence-corrected chi connectivity index (χ0v) is 12.2. The van der Waals surface area contributed by atoms with E-state index in [0.717, 1.165) is 12.8 Å². The second-order valence-corrected chi connectivity index (χ2v) is 5.66. The Morgan fingerprint density at radius 3 is 2.90 bits per heavy atom. The van der Waals surface area contributed by atoms with Crippen LogP contribution < -0.4 is 5.73 Å². The summed E-state index contributed by atoms with van der Waals surface area (Å²) in [6, 6.07) is 5.36. The number of hydrogen-bond donors (Lipinski definition) is 1. The SMILES string of the molecule is CCCC1CC(=O)N(C(Cc2cccc(F)c2)C(N)=O)C1. The molecule has 2 atom stereocenters. The van der Waals surface area contributed by atoms with Crippen LogP contribution in [0, 0.1) is 11.7 Å². The van der Waals surface area contributed by atoms with E-state index in [0.29, 0.717) is 18.5 Å². The van der Waals surface area contributed by atoms with Crippen LogP contribution in [0.5, 0.6) is 0 Å². The number of nitrogens with zero attached hydrogens (tertiary/aromatic N) is 1. The van der Waals surface area contributed by atoms with Gasteiger partial charge >= 0.3 is 0 Å². The third-order valence-electron chi connectivity index (χ3n) is 3.96. The average molecular weight is 292 g/mol. The van der Waals surface area contributed by atoms with Crippen LogP contribution in [0.4, 0.5) is 4.39 Å². The molecule has 2 N–H and O–H groups in total. The number of halogens is 1. The van der Waals surface area contributed by atoms with Gasteiger partial charge in [-0.15, -0.1) is 0 Å². The van der Waals surface area contributed by atoms with Crippen molar-refractivity contribution in [2.24, 2.45) is 11.7 Å². The van der Waals surface area contributed by atoms with Gasteiger partial charge in [0.15, 0.2) is 0 Å². The number of carbonyl (C=O) groups is 2. The monoisotopic (exact) mass is 292 g/mol. The van der Waals surface area contributed by atoms with Crippen molar-refractivity contribution in [3.05, 3.63) is 35.6 Å². The van der Waals surface area contributed by atoms with E-state index in [9.17, 15) is 14.0 Å². The third-order valence-corrected chi connectivity index (χ3v) is 3.96. The molecule has 2 unspecified atom stereocenters. The number of nitrogens with two attached hydrogens (primary N) is 1. The number of rotatable bonds is 6. The first kappa shape index (κ1) is 15.5. The molecule has 0 aromatic heterocycles. The molecule has 2 rings (SSSR count). The van der Waals surface area contributed by atoms with E-state index in [1.807, 2.05) is 0 Å². The van der Waals surface area contributed by atoms with Crippen LogP contribution in [0.3, 0.4) is 0 Å². The molecule has 0 aliphatic carbocycles. The fraction of sp³-hybridized carbons (Fsp3) is 0.500. The van der Waals surface area contributed by atoms with E-state index in [-0.39, 0.29) is 24.1 Å². The molecule has 1 aliphatic heterocycles. The Balaban J connectivity index is 2.12. The van der Waals surface area contributed by atoms with E-state index in [1.165, 1.54) is 12.1 Å². The summed E-state index contributed by atoms with van der Waals surface area (Å²) in [6.07, 6.45) is 2.71. The molecular formula is C16H21FN2O2. The summed E-state index contributed by atoms with van der Waals surface area (Å²) >= 11 is 0. The van der Waals surface area contributed by atoms with Crippen molar-refractivity contribution in [1.29, 1.82) is 0 Å². The quantitative estimate of drug-likeness (QED) is 0.870. The number of benzene rings is 1. The van der Waals surface area contributed by atoms with Gasteiger partial charge in [0.1, 0.15) is 11.9 Å². The van der Waals surface area contributed by atoms with Crippen LogP contribution in [0.2, 0.25) is 0 Å². The van der Waals surface area contributed by atoms with Gasteiger partial charge in [0, 0.05) is 19.4 Å².